The molecule has 0 radical (unpaired) electrons. The predicted molar refractivity (Wildman–Crippen MR) is 95.2 cm³/mol. The van der Waals surface area contributed by atoms with Gasteiger partial charge in [-0.15, -0.1) is 0 Å². The van der Waals surface area contributed by atoms with Crippen molar-refractivity contribution in [2.45, 2.75) is 26.3 Å². The molecule has 5 heteroatoms. The summed E-state index contributed by atoms with van der Waals surface area (Å²) in [5.41, 5.74) is 2.98. The van der Waals surface area contributed by atoms with Crippen molar-refractivity contribution in [3.05, 3.63) is 42.1 Å². The van der Waals surface area contributed by atoms with Crippen LogP contribution in [0.25, 0.3) is 5.57 Å². The summed E-state index contributed by atoms with van der Waals surface area (Å²) < 4.78 is 16.4. The van der Waals surface area contributed by atoms with Crippen molar-refractivity contribution in [3.8, 4) is 23.1 Å². The second-order valence-corrected chi connectivity index (χ2v) is 6.34. The molecular weight excluding hydrogens is 304 g/mol. The Morgan fingerprint density at radius 2 is 1.75 bits per heavy atom. The van der Waals surface area contributed by atoms with E-state index in [1.165, 1.54) is 0 Å². The van der Waals surface area contributed by atoms with Crippen LogP contribution < -0.4 is 19.5 Å². The average Bonchev–Trinajstić information content (AvgIpc) is 2.54. The monoisotopic (exact) mass is 326 g/mol. The number of aromatic nitrogens is 1. The van der Waals surface area contributed by atoms with Crippen LogP contribution in [-0.4, -0.2) is 24.7 Å². The highest BCUT2D eigenvalue weighted by Crippen LogP contribution is 2.36. The number of fused-ring (bicyclic) bond motifs is 1. The van der Waals surface area contributed by atoms with Crippen LogP contribution >= 0.6 is 0 Å². The minimum absolute atomic E-state index is 0.0789. The zero-order chi connectivity index (χ0) is 17.3. The lowest BCUT2D eigenvalue weighted by molar-refractivity contribution is 0.351. The molecule has 0 spiro atoms. The second-order valence-electron chi connectivity index (χ2n) is 6.34. The fraction of sp³-hybridized carbons (Fsp3) is 0.316. The van der Waals surface area contributed by atoms with Crippen molar-refractivity contribution >= 4 is 11.3 Å². The third-order valence-electron chi connectivity index (χ3n) is 3.85. The number of benzene rings is 1. The first-order valence-electron chi connectivity index (χ1n) is 7.81. The van der Waals surface area contributed by atoms with Gasteiger partial charge in [0.25, 0.3) is 0 Å². The van der Waals surface area contributed by atoms with Gasteiger partial charge in [-0.25, -0.2) is 4.98 Å². The number of nitrogens with one attached hydrogen (secondary N) is 1. The van der Waals surface area contributed by atoms with E-state index < -0.39 is 0 Å². The normalized spacial score (nSPS) is 15.0. The number of hydrogen-bond acceptors (Lipinski definition) is 5. The molecule has 2 heterocycles. The molecule has 5 nitrogen and oxygen atoms in total. The molecule has 1 N–H and O–H groups in total. The van der Waals surface area contributed by atoms with Gasteiger partial charge in [0, 0.05) is 12.1 Å². The van der Waals surface area contributed by atoms with Crippen LogP contribution in [0.2, 0.25) is 0 Å². The Hall–Kier alpha value is -2.69. The molecule has 0 aliphatic carbocycles. The summed E-state index contributed by atoms with van der Waals surface area (Å²) in [6, 6.07) is 9.27. The van der Waals surface area contributed by atoms with Gasteiger partial charge >= 0.3 is 0 Å². The van der Waals surface area contributed by atoms with Crippen molar-refractivity contribution < 1.29 is 14.2 Å². The molecular formula is C19H22N2O3. The molecule has 0 amide bonds. The standard InChI is InChI=1S/C19H22N2O3/c1-12-11-19(2,3)21-14-7-9-17(20-18(12)14)24-13-6-8-15(22-4)16(10-13)23-5/h6-11,21H,1-5H3. The fourth-order valence-electron chi connectivity index (χ4n) is 2.89. The van der Waals surface area contributed by atoms with E-state index in [-0.39, 0.29) is 5.54 Å². The zero-order valence-electron chi connectivity index (χ0n) is 14.6. The molecule has 1 aromatic carbocycles. The first-order valence-corrected chi connectivity index (χ1v) is 7.81. The zero-order valence-corrected chi connectivity index (χ0v) is 14.6. The van der Waals surface area contributed by atoms with Crippen molar-refractivity contribution in [1.82, 2.24) is 4.98 Å². The summed E-state index contributed by atoms with van der Waals surface area (Å²) in [4.78, 5) is 4.63. The van der Waals surface area contributed by atoms with Gasteiger partial charge in [-0.2, -0.15) is 0 Å². The number of allylic oxidation sites excluding steroid dienone is 1. The lowest BCUT2D eigenvalue weighted by atomic mass is 9.94. The van der Waals surface area contributed by atoms with Crippen molar-refractivity contribution in [1.29, 1.82) is 0 Å². The highest BCUT2D eigenvalue weighted by Gasteiger charge is 2.23. The van der Waals surface area contributed by atoms with Crippen molar-refractivity contribution in [2.24, 2.45) is 0 Å². The smallest absolute Gasteiger partial charge is 0.219 e. The van der Waals surface area contributed by atoms with E-state index in [4.69, 9.17) is 14.2 Å². The maximum Gasteiger partial charge on any atom is 0.219 e. The molecule has 3 rings (SSSR count). The Morgan fingerprint density at radius 3 is 2.46 bits per heavy atom. The van der Waals surface area contributed by atoms with Gasteiger partial charge in [0.1, 0.15) is 5.75 Å². The minimum Gasteiger partial charge on any atom is -0.493 e. The first-order chi connectivity index (χ1) is 11.4. The quantitative estimate of drug-likeness (QED) is 0.896. The van der Waals surface area contributed by atoms with Gasteiger partial charge in [0.2, 0.25) is 5.88 Å². The number of methoxy groups -OCH3 is 2. The van der Waals surface area contributed by atoms with E-state index in [0.717, 1.165) is 17.0 Å². The van der Waals surface area contributed by atoms with Gasteiger partial charge in [-0.3, -0.25) is 0 Å². The van der Waals surface area contributed by atoms with Crippen molar-refractivity contribution in [3.63, 3.8) is 0 Å². The van der Waals surface area contributed by atoms with Crippen LogP contribution in [0.15, 0.2) is 36.4 Å². The number of anilines is 1. The molecule has 24 heavy (non-hydrogen) atoms. The van der Waals surface area contributed by atoms with E-state index in [1.807, 2.05) is 24.3 Å². The fourth-order valence-corrected chi connectivity index (χ4v) is 2.89. The van der Waals surface area contributed by atoms with Gasteiger partial charge in [-0.1, -0.05) is 6.08 Å². The SMILES string of the molecule is COc1ccc(Oc2ccc3c(n2)C(C)=CC(C)(C)N3)cc1OC. The Morgan fingerprint density at radius 1 is 1.00 bits per heavy atom. The number of nitrogens with zero attached hydrogens (tertiary/aromatic N) is 1. The van der Waals surface area contributed by atoms with Crippen LogP contribution in [0, 0.1) is 0 Å². The average molecular weight is 326 g/mol. The largest absolute Gasteiger partial charge is 0.493 e. The van der Waals surface area contributed by atoms with Crippen LogP contribution in [-0.2, 0) is 0 Å². The van der Waals surface area contributed by atoms with E-state index in [1.54, 1.807) is 20.3 Å². The lowest BCUT2D eigenvalue weighted by Crippen LogP contribution is -2.31. The summed E-state index contributed by atoms with van der Waals surface area (Å²) in [7, 11) is 3.20. The minimum atomic E-state index is -0.0789. The summed E-state index contributed by atoms with van der Waals surface area (Å²) in [5.74, 6) is 2.46. The van der Waals surface area contributed by atoms with E-state index in [9.17, 15) is 0 Å². The van der Waals surface area contributed by atoms with Gasteiger partial charge in [0.05, 0.1) is 31.1 Å². The van der Waals surface area contributed by atoms with Gasteiger partial charge < -0.3 is 19.5 Å². The highest BCUT2D eigenvalue weighted by molar-refractivity contribution is 5.77. The molecule has 1 aliphatic heterocycles. The maximum atomic E-state index is 5.89. The molecule has 0 atom stereocenters. The molecule has 126 valence electrons. The van der Waals surface area contributed by atoms with E-state index in [2.05, 4.69) is 37.1 Å². The van der Waals surface area contributed by atoms with Crippen LogP contribution in [0.5, 0.6) is 23.1 Å². The van der Waals surface area contributed by atoms with Crippen LogP contribution in [0.3, 0.4) is 0 Å². The summed E-state index contributed by atoms with van der Waals surface area (Å²) in [5, 5.41) is 3.46. The Kier molecular flexibility index (Phi) is 4.09. The molecule has 0 fully saturated rings. The molecule has 0 bridgehead atoms. The number of pyridine rings is 1. The summed E-state index contributed by atoms with van der Waals surface area (Å²) in [6.45, 7) is 6.33. The third kappa shape index (κ3) is 3.15. The maximum absolute atomic E-state index is 5.89. The molecule has 1 aromatic heterocycles. The number of hydrogen-bond donors (Lipinski definition) is 1. The van der Waals surface area contributed by atoms with E-state index >= 15 is 0 Å². The summed E-state index contributed by atoms with van der Waals surface area (Å²) >= 11 is 0. The topological polar surface area (TPSA) is 52.6 Å². The predicted octanol–water partition coefficient (Wildman–Crippen LogP) is 4.50. The molecule has 0 saturated carbocycles. The van der Waals surface area contributed by atoms with Crippen molar-refractivity contribution in [2.75, 3.05) is 19.5 Å². The molecule has 1 aliphatic rings. The van der Waals surface area contributed by atoms with Gasteiger partial charge in [-0.05, 0) is 44.5 Å². The first kappa shape index (κ1) is 16.2. The molecule has 0 saturated heterocycles. The third-order valence-corrected chi connectivity index (χ3v) is 3.85. The van der Waals surface area contributed by atoms with E-state index in [0.29, 0.717) is 23.1 Å². The second kappa shape index (κ2) is 6.07. The molecule has 0 unspecified atom stereocenters. The molecule has 2 aromatic rings. The summed E-state index contributed by atoms with van der Waals surface area (Å²) in [6.07, 6.45) is 2.17. The van der Waals surface area contributed by atoms with Crippen LogP contribution in [0.4, 0.5) is 5.69 Å². The number of ether oxygens (including phenoxy) is 3. The lowest BCUT2D eigenvalue weighted by Gasteiger charge is -2.30. The Balaban J connectivity index is 1.89. The Labute approximate surface area is 142 Å². The van der Waals surface area contributed by atoms with Crippen LogP contribution in [0.1, 0.15) is 26.5 Å². The van der Waals surface area contributed by atoms with Gasteiger partial charge in [0.15, 0.2) is 11.5 Å². The number of rotatable bonds is 4. The Bertz CT molecular complexity index is 797. The highest BCUT2D eigenvalue weighted by atomic mass is 16.5.